The van der Waals surface area contributed by atoms with E-state index in [1.54, 1.807) is 22.8 Å². The van der Waals surface area contributed by atoms with Crippen LogP contribution in [0.3, 0.4) is 0 Å². The van der Waals surface area contributed by atoms with Crippen LogP contribution in [0.1, 0.15) is 30.5 Å². The van der Waals surface area contributed by atoms with Crippen molar-refractivity contribution in [3.05, 3.63) is 39.9 Å². The van der Waals surface area contributed by atoms with Crippen molar-refractivity contribution >= 4 is 23.4 Å². The van der Waals surface area contributed by atoms with Gasteiger partial charge in [0.1, 0.15) is 5.03 Å². The van der Waals surface area contributed by atoms with Crippen molar-refractivity contribution in [2.24, 2.45) is 0 Å². The van der Waals surface area contributed by atoms with Crippen LogP contribution in [0, 0.1) is 0 Å². The van der Waals surface area contributed by atoms with Crippen LogP contribution in [-0.2, 0) is 28.9 Å². The molecule has 3 aliphatic rings. The number of fused-ring (bicyclic) bond motifs is 2. The monoisotopic (exact) mass is 429 g/mol. The molecule has 2 aliphatic heterocycles. The Morgan fingerprint density at radius 1 is 1.23 bits per heavy atom. The summed E-state index contributed by atoms with van der Waals surface area (Å²) in [5.41, 5.74) is 2.57. The smallest absolute Gasteiger partial charge is 0.348 e. The van der Waals surface area contributed by atoms with Gasteiger partial charge in [-0.1, -0.05) is 11.8 Å². The highest BCUT2D eigenvalue weighted by molar-refractivity contribution is 8.00. The van der Waals surface area contributed by atoms with E-state index in [0.717, 1.165) is 50.0 Å². The Labute approximate surface area is 177 Å². The molecule has 1 atom stereocenters. The number of benzene rings is 1. The number of carbonyl (C=O) groups is 1. The van der Waals surface area contributed by atoms with Crippen LogP contribution in [0.4, 0.5) is 5.69 Å². The first-order valence-corrected chi connectivity index (χ1v) is 11.2. The average molecular weight is 429 g/mol. The quantitative estimate of drug-likeness (QED) is 0.557. The molecular formula is C21H23N3O5S. The molecule has 5 rings (SSSR count). The van der Waals surface area contributed by atoms with E-state index in [2.05, 4.69) is 10.3 Å². The molecule has 3 heterocycles. The zero-order valence-corrected chi connectivity index (χ0v) is 17.3. The number of nitrogens with zero attached hydrogens (tertiary/aromatic N) is 2. The third-order valence-electron chi connectivity index (χ3n) is 5.61. The van der Waals surface area contributed by atoms with E-state index in [1.807, 2.05) is 0 Å². The highest BCUT2D eigenvalue weighted by atomic mass is 32.2. The van der Waals surface area contributed by atoms with Crippen molar-refractivity contribution in [1.82, 2.24) is 9.55 Å². The summed E-state index contributed by atoms with van der Waals surface area (Å²) in [6.07, 6.45) is 4.89. The molecular weight excluding hydrogens is 406 g/mol. The Balaban J connectivity index is 1.27. The Morgan fingerprint density at radius 3 is 3.00 bits per heavy atom. The predicted octanol–water partition coefficient (Wildman–Crippen LogP) is 2.37. The molecule has 0 radical (unpaired) electrons. The summed E-state index contributed by atoms with van der Waals surface area (Å²) >= 11 is 1.32. The zero-order chi connectivity index (χ0) is 20.5. The van der Waals surface area contributed by atoms with Gasteiger partial charge in [0.15, 0.2) is 11.5 Å². The molecule has 9 heteroatoms. The van der Waals surface area contributed by atoms with Gasteiger partial charge in [-0.25, -0.2) is 4.79 Å². The van der Waals surface area contributed by atoms with Crippen molar-refractivity contribution in [2.75, 3.05) is 24.5 Å². The minimum atomic E-state index is -0.246. The van der Waals surface area contributed by atoms with Crippen LogP contribution < -0.4 is 20.5 Å². The molecule has 30 heavy (non-hydrogen) atoms. The number of anilines is 1. The Morgan fingerprint density at radius 2 is 2.13 bits per heavy atom. The van der Waals surface area contributed by atoms with Crippen LogP contribution in [0.25, 0.3) is 0 Å². The van der Waals surface area contributed by atoms with E-state index in [9.17, 15) is 9.59 Å². The number of aromatic nitrogens is 2. The number of hydrogen-bond acceptors (Lipinski definition) is 7. The van der Waals surface area contributed by atoms with E-state index in [1.165, 1.54) is 11.8 Å². The van der Waals surface area contributed by atoms with Gasteiger partial charge >= 0.3 is 5.69 Å². The molecule has 1 aliphatic carbocycles. The summed E-state index contributed by atoms with van der Waals surface area (Å²) in [6.45, 7) is 1.53. The van der Waals surface area contributed by atoms with Crippen molar-refractivity contribution in [3.63, 3.8) is 0 Å². The number of amides is 1. The number of nitrogens with one attached hydrogen (secondary N) is 1. The maximum Gasteiger partial charge on any atom is 0.348 e. The maximum absolute atomic E-state index is 12.7. The van der Waals surface area contributed by atoms with Gasteiger partial charge in [0.2, 0.25) is 12.7 Å². The first-order valence-electron chi connectivity index (χ1n) is 10.2. The summed E-state index contributed by atoms with van der Waals surface area (Å²) in [5.74, 6) is 1.32. The first-order chi connectivity index (χ1) is 14.7. The zero-order valence-electron chi connectivity index (χ0n) is 16.5. The third kappa shape index (κ3) is 3.91. The molecule has 2 aromatic rings. The second-order valence-corrected chi connectivity index (χ2v) is 8.59. The second kappa shape index (κ2) is 8.31. The van der Waals surface area contributed by atoms with E-state index in [-0.39, 0.29) is 30.2 Å². The lowest BCUT2D eigenvalue weighted by atomic mass is 10.2. The van der Waals surface area contributed by atoms with E-state index < -0.39 is 0 Å². The highest BCUT2D eigenvalue weighted by Crippen LogP contribution is 2.34. The molecule has 0 bridgehead atoms. The van der Waals surface area contributed by atoms with Gasteiger partial charge in [0.25, 0.3) is 0 Å². The topological polar surface area (TPSA) is 91.7 Å². The van der Waals surface area contributed by atoms with Gasteiger partial charge in [-0.3, -0.25) is 9.36 Å². The van der Waals surface area contributed by atoms with E-state index >= 15 is 0 Å². The highest BCUT2D eigenvalue weighted by Gasteiger charge is 2.25. The van der Waals surface area contributed by atoms with Crippen molar-refractivity contribution < 1.29 is 19.0 Å². The number of rotatable bonds is 6. The average Bonchev–Trinajstić information content (AvgIpc) is 3.50. The van der Waals surface area contributed by atoms with Gasteiger partial charge in [0.05, 0.1) is 18.4 Å². The summed E-state index contributed by atoms with van der Waals surface area (Å²) in [5, 5.41) is 3.54. The fourth-order valence-electron chi connectivity index (χ4n) is 4.19. The van der Waals surface area contributed by atoms with Crippen LogP contribution in [-0.4, -0.2) is 40.7 Å². The minimum absolute atomic E-state index is 0.0974. The molecule has 1 aromatic carbocycles. The molecule has 158 valence electrons. The standard InChI is InChI=1S/C21H23N3O5S/c25-19(22-13-6-7-17-18(9-13)29-12-28-17)11-30-20-15-4-1-5-16(15)24(21(26)23-20)10-14-3-2-8-27-14/h6-7,9,14H,1-5,8,10-12H2,(H,22,25). The lowest BCUT2D eigenvalue weighted by Crippen LogP contribution is -2.31. The molecule has 1 N–H and O–H groups in total. The number of thioether (sulfide) groups is 1. The van der Waals surface area contributed by atoms with Crippen molar-refractivity contribution in [2.45, 2.75) is 49.8 Å². The maximum atomic E-state index is 12.7. The van der Waals surface area contributed by atoms with Crippen molar-refractivity contribution in [1.29, 1.82) is 0 Å². The molecule has 0 saturated carbocycles. The van der Waals surface area contributed by atoms with E-state index in [4.69, 9.17) is 14.2 Å². The second-order valence-electron chi connectivity index (χ2n) is 7.63. The van der Waals surface area contributed by atoms with Crippen LogP contribution in [0.15, 0.2) is 28.0 Å². The third-order valence-corrected chi connectivity index (χ3v) is 6.62. The fraction of sp³-hybridized carbons (Fsp3) is 0.476. The molecule has 1 unspecified atom stereocenters. The van der Waals surface area contributed by atoms with Gasteiger partial charge in [-0.15, -0.1) is 0 Å². The van der Waals surface area contributed by atoms with Gasteiger partial charge < -0.3 is 19.5 Å². The normalized spacial score (nSPS) is 19.1. The minimum Gasteiger partial charge on any atom is -0.454 e. The molecule has 0 spiro atoms. The van der Waals surface area contributed by atoms with Gasteiger partial charge in [-0.05, 0) is 44.2 Å². The molecule has 1 aromatic heterocycles. The summed E-state index contributed by atoms with van der Waals surface area (Å²) in [6, 6.07) is 5.29. The van der Waals surface area contributed by atoms with E-state index in [0.29, 0.717) is 28.8 Å². The van der Waals surface area contributed by atoms with Crippen LogP contribution in [0.5, 0.6) is 11.5 Å². The molecule has 1 amide bonds. The molecule has 1 fully saturated rings. The molecule has 8 nitrogen and oxygen atoms in total. The largest absolute Gasteiger partial charge is 0.454 e. The van der Waals surface area contributed by atoms with Gasteiger partial charge in [-0.2, -0.15) is 4.98 Å². The lowest BCUT2D eigenvalue weighted by molar-refractivity contribution is -0.113. The number of carbonyl (C=O) groups excluding carboxylic acids is 1. The SMILES string of the molecule is O=C(CSc1nc(=O)n(CC2CCCO2)c2c1CCC2)Nc1ccc2c(c1)OCO2. The fourth-order valence-corrected chi connectivity index (χ4v) is 5.07. The Hall–Kier alpha value is -2.52. The lowest BCUT2D eigenvalue weighted by Gasteiger charge is -2.17. The Kier molecular flexibility index (Phi) is 5.39. The van der Waals surface area contributed by atoms with Crippen molar-refractivity contribution in [3.8, 4) is 11.5 Å². The Bertz CT molecular complexity index is 1030. The van der Waals surface area contributed by atoms with Crippen LogP contribution >= 0.6 is 11.8 Å². The first kappa shape index (κ1) is 19.4. The predicted molar refractivity (Wildman–Crippen MR) is 111 cm³/mol. The van der Waals surface area contributed by atoms with Gasteiger partial charge in [0, 0.05) is 29.6 Å². The summed E-state index contributed by atoms with van der Waals surface area (Å²) in [7, 11) is 0. The summed E-state index contributed by atoms with van der Waals surface area (Å²) in [4.78, 5) is 29.4. The summed E-state index contributed by atoms with van der Waals surface area (Å²) < 4.78 is 18.1. The molecule has 1 saturated heterocycles. The van der Waals surface area contributed by atoms with Crippen LogP contribution in [0.2, 0.25) is 0 Å². The number of hydrogen-bond donors (Lipinski definition) is 1. The number of ether oxygens (including phenoxy) is 3.